The Morgan fingerprint density at radius 3 is 2.50 bits per heavy atom. The Hall–Kier alpha value is -2.07. The van der Waals surface area contributed by atoms with Crippen LogP contribution in [-0.2, 0) is 6.61 Å². The lowest BCUT2D eigenvalue weighted by Crippen LogP contribution is -2.09. The van der Waals surface area contributed by atoms with Gasteiger partial charge in [-0.05, 0) is 33.6 Å². The molecule has 0 amide bonds. The summed E-state index contributed by atoms with van der Waals surface area (Å²) in [5, 5.41) is 0.513. The zero-order valence-electron chi connectivity index (χ0n) is 10.5. The van der Waals surface area contributed by atoms with E-state index in [0.717, 1.165) is 5.56 Å². The molecule has 0 fully saturated rings. The van der Waals surface area contributed by atoms with E-state index in [4.69, 9.17) is 9.15 Å². The van der Waals surface area contributed by atoms with E-state index in [2.05, 4.69) is 15.9 Å². The SMILES string of the molecule is O=c1c(OCc2ccccc2)c(Br)oc2ccccc12. The minimum Gasteiger partial charge on any atom is -0.481 e. The van der Waals surface area contributed by atoms with Gasteiger partial charge in [-0.1, -0.05) is 42.5 Å². The molecular weight excluding hydrogens is 320 g/mol. The summed E-state index contributed by atoms with van der Waals surface area (Å²) < 4.78 is 11.5. The van der Waals surface area contributed by atoms with Crippen LogP contribution >= 0.6 is 15.9 Å². The molecule has 0 atom stereocenters. The van der Waals surface area contributed by atoms with Crippen LogP contribution in [0.3, 0.4) is 0 Å². The lowest BCUT2D eigenvalue weighted by atomic mass is 10.2. The van der Waals surface area contributed by atoms with Gasteiger partial charge < -0.3 is 9.15 Å². The molecule has 3 rings (SSSR count). The normalized spacial score (nSPS) is 10.7. The van der Waals surface area contributed by atoms with E-state index in [0.29, 0.717) is 22.2 Å². The molecule has 2 aromatic carbocycles. The van der Waals surface area contributed by atoms with Crippen LogP contribution in [0.1, 0.15) is 5.56 Å². The second-order valence-corrected chi connectivity index (χ2v) is 5.02. The Morgan fingerprint density at radius 2 is 1.70 bits per heavy atom. The average molecular weight is 331 g/mol. The summed E-state index contributed by atoms with van der Waals surface area (Å²) in [6, 6.07) is 16.8. The van der Waals surface area contributed by atoms with Crippen molar-refractivity contribution in [1.29, 1.82) is 0 Å². The third-order valence-corrected chi connectivity index (χ3v) is 3.46. The minimum absolute atomic E-state index is 0.172. The highest BCUT2D eigenvalue weighted by molar-refractivity contribution is 9.10. The first-order valence-corrected chi connectivity index (χ1v) is 6.93. The maximum atomic E-state index is 12.4. The van der Waals surface area contributed by atoms with Gasteiger partial charge in [-0.15, -0.1) is 0 Å². The Labute approximate surface area is 123 Å². The van der Waals surface area contributed by atoms with E-state index in [1.54, 1.807) is 18.2 Å². The number of benzene rings is 2. The first-order valence-electron chi connectivity index (χ1n) is 6.14. The number of para-hydroxylation sites is 1. The summed E-state index contributed by atoms with van der Waals surface area (Å²) in [7, 11) is 0. The van der Waals surface area contributed by atoms with Crippen LogP contribution in [0.2, 0.25) is 0 Å². The van der Waals surface area contributed by atoms with E-state index < -0.39 is 0 Å². The van der Waals surface area contributed by atoms with Gasteiger partial charge in [-0.25, -0.2) is 0 Å². The van der Waals surface area contributed by atoms with Gasteiger partial charge in [0, 0.05) is 0 Å². The third kappa shape index (κ3) is 2.47. The monoisotopic (exact) mass is 330 g/mol. The Kier molecular flexibility index (Phi) is 3.56. The molecule has 0 saturated heterocycles. The predicted octanol–water partition coefficient (Wildman–Crippen LogP) is 4.13. The molecule has 0 radical (unpaired) electrons. The van der Waals surface area contributed by atoms with Crippen LogP contribution in [0.4, 0.5) is 0 Å². The molecule has 0 saturated carbocycles. The lowest BCUT2D eigenvalue weighted by molar-refractivity contribution is 0.290. The molecular formula is C16H11BrO3. The van der Waals surface area contributed by atoms with Crippen LogP contribution in [0.5, 0.6) is 5.75 Å². The summed E-state index contributed by atoms with van der Waals surface area (Å²) in [4.78, 5) is 12.4. The Balaban J connectivity index is 1.97. The molecule has 20 heavy (non-hydrogen) atoms. The van der Waals surface area contributed by atoms with E-state index in [1.165, 1.54) is 0 Å². The second kappa shape index (κ2) is 5.51. The van der Waals surface area contributed by atoms with Crippen molar-refractivity contribution >= 4 is 26.9 Å². The number of rotatable bonds is 3. The molecule has 1 heterocycles. The van der Waals surface area contributed by atoms with Crippen molar-refractivity contribution in [2.45, 2.75) is 6.61 Å². The fraction of sp³-hybridized carbons (Fsp3) is 0.0625. The van der Waals surface area contributed by atoms with Crippen molar-refractivity contribution < 1.29 is 9.15 Å². The number of halogens is 1. The van der Waals surface area contributed by atoms with Gasteiger partial charge in [0.15, 0.2) is 0 Å². The summed E-state index contributed by atoms with van der Waals surface area (Å²) in [5.41, 5.74) is 1.36. The van der Waals surface area contributed by atoms with Crippen molar-refractivity contribution in [2.75, 3.05) is 0 Å². The van der Waals surface area contributed by atoms with Crippen molar-refractivity contribution in [3.8, 4) is 5.75 Å². The number of hydrogen-bond donors (Lipinski definition) is 0. The zero-order valence-corrected chi connectivity index (χ0v) is 12.1. The van der Waals surface area contributed by atoms with Crippen molar-refractivity contribution in [3.63, 3.8) is 0 Å². The standard InChI is InChI=1S/C16H11BrO3/c17-16-15(19-10-11-6-2-1-3-7-11)14(18)12-8-4-5-9-13(12)20-16/h1-9H,10H2. The van der Waals surface area contributed by atoms with E-state index in [9.17, 15) is 4.79 Å². The topological polar surface area (TPSA) is 39.4 Å². The molecule has 3 aromatic rings. The van der Waals surface area contributed by atoms with Gasteiger partial charge in [0.25, 0.3) is 0 Å². The summed E-state index contributed by atoms with van der Waals surface area (Å²) in [5.74, 6) is 0.201. The smallest absolute Gasteiger partial charge is 0.235 e. The lowest BCUT2D eigenvalue weighted by Gasteiger charge is -2.08. The highest BCUT2D eigenvalue weighted by atomic mass is 79.9. The summed E-state index contributed by atoms with van der Waals surface area (Å²) >= 11 is 3.25. The predicted molar refractivity (Wildman–Crippen MR) is 81.0 cm³/mol. The van der Waals surface area contributed by atoms with Gasteiger partial charge in [-0.3, -0.25) is 4.79 Å². The van der Waals surface area contributed by atoms with Gasteiger partial charge in [0.05, 0.1) is 5.39 Å². The van der Waals surface area contributed by atoms with E-state index in [1.807, 2.05) is 36.4 Å². The van der Waals surface area contributed by atoms with Gasteiger partial charge >= 0.3 is 0 Å². The molecule has 0 unspecified atom stereocenters. The molecule has 100 valence electrons. The maximum absolute atomic E-state index is 12.4. The molecule has 1 aromatic heterocycles. The maximum Gasteiger partial charge on any atom is 0.235 e. The van der Waals surface area contributed by atoms with Crippen molar-refractivity contribution in [1.82, 2.24) is 0 Å². The Bertz CT molecular complexity index is 794. The average Bonchev–Trinajstić information content (AvgIpc) is 2.48. The molecule has 0 spiro atoms. The van der Waals surface area contributed by atoms with E-state index in [-0.39, 0.29) is 11.2 Å². The first-order chi connectivity index (χ1) is 9.75. The molecule has 3 nitrogen and oxygen atoms in total. The van der Waals surface area contributed by atoms with E-state index >= 15 is 0 Å². The van der Waals surface area contributed by atoms with Crippen LogP contribution in [-0.4, -0.2) is 0 Å². The summed E-state index contributed by atoms with van der Waals surface area (Å²) in [6.45, 7) is 0.322. The number of ether oxygens (including phenoxy) is 1. The van der Waals surface area contributed by atoms with Crippen LogP contribution in [0.15, 0.2) is 68.5 Å². The summed E-state index contributed by atoms with van der Waals surface area (Å²) in [6.07, 6.45) is 0. The number of hydrogen-bond acceptors (Lipinski definition) is 3. The highest BCUT2D eigenvalue weighted by Crippen LogP contribution is 2.26. The molecule has 0 N–H and O–H groups in total. The molecule has 4 heteroatoms. The van der Waals surface area contributed by atoms with Gasteiger partial charge in [0.1, 0.15) is 12.2 Å². The van der Waals surface area contributed by atoms with Crippen LogP contribution < -0.4 is 10.2 Å². The third-order valence-electron chi connectivity index (χ3n) is 2.94. The van der Waals surface area contributed by atoms with Crippen LogP contribution in [0.25, 0.3) is 11.0 Å². The molecule has 0 aliphatic carbocycles. The molecule has 0 aliphatic rings. The highest BCUT2D eigenvalue weighted by Gasteiger charge is 2.13. The number of fused-ring (bicyclic) bond motifs is 1. The van der Waals surface area contributed by atoms with Gasteiger partial charge in [0.2, 0.25) is 15.8 Å². The quantitative estimate of drug-likeness (QED) is 0.724. The van der Waals surface area contributed by atoms with Crippen molar-refractivity contribution in [3.05, 3.63) is 75.1 Å². The molecule has 0 aliphatic heterocycles. The van der Waals surface area contributed by atoms with Crippen molar-refractivity contribution in [2.24, 2.45) is 0 Å². The fourth-order valence-corrected chi connectivity index (χ4v) is 2.42. The molecule has 0 bridgehead atoms. The zero-order chi connectivity index (χ0) is 13.9. The second-order valence-electron chi connectivity index (χ2n) is 4.30. The first kappa shape index (κ1) is 12.9. The fourth-order valence-electron chi connectivity index (χ4n) is 1.95. The van der Waals surface area contributed by atoms with Crippen LogP contribution in [0, 0.1) is 0 Å². The minimum atomic E-state index is -0.172. The van der Waals surface area contributed by atoms with Gasteiger partial charge in [-0.2, -0.15) is 0 Å². The largest absolute Gasteiger partial charge is 0.481 e. The Morgan fingerprint density at radius 1 is 1.00 bits per heavy atom.